The molecule has 0 N–H and O–H groups in total. The summed E-state index contributed by atoms with van der Waals surface area (Å²) in [5.41, 5.74) is 1.33. The third kappa shape index (κ3) is 3.24. The number of hydrogen-bond acceptors (Lipinski definition) is 5. The largest absolute Gasteiger partial charge is 0.494 e. The van der Waals surface area contributed by atoms with Crippen molar-refractivity contribution in [3.05, 3.63) is 41.5 Å². The molecule has 112 valence electrons. The van der Waals surface area contributed by atoms with Gasteiger partial charge in [-0.05, 0) is 50.9 Å². The van der Waals surface area contributed by atoms with Gasteiger partial charge in [-0.15, -0.1) is 0 Å². The molecule has 5 heteroatoms. The number of hydrogen-bond donors (Lipinski definition) is 0. The van der Waals surface area contributed by atoms with Crippen LogP contribution < -0.4 is 4.74 Å². The summed E-state index contributed by atoms with van der Waals surface area (Å²) in [6, 6.07) is 8.84. The monoisotopic (exact) mass is 287 g/mol. The summed E-state index contributed by atoms with van der Waals surface area (Å²) in [5, 5.41) is 3.86. The third-order valence-corrected chi connectivity index (χ3v) is 3.85. The molecule has 5 nitrogen and oxygen atoms in total. The molecule has 21 heavy (non-hydrogen) atoms. The van der Waals surface area contributed by atoms with E-state index in [1.165, 1.54) is 18.4 Å². The Morgan fingerprint density at radius 3 is 2.81 bits per heavy atom. The summed E-state index contributed by atoms with van der Waals surface area (Å²) >= 11 is 0. The van der Waals surface area contributed by atoms with Gasteiger partial charge in [0.15, 0.2) is 5.82 Å². The molecule has 0 aliphatic carbocycles. The second-order valence-electron chi connectivity index (χ2n) is 5.37. The maximum absolute atomic E-state index is 5.50. The van der Waals surface area contributed by atoms with Crippen molar-refractivity contribution >= 4 is 0 Å². The fraction of sp³-hybridized carbons (Fsp3) is 0.500. The molecule has 2 aromatic rings. The van der Waals surface area contributed by atoms with E-state index in [9.17, 15) is 0 Å². The van der Waals surface area contributed by atoms with Crippen molar-refractivity contribution in [1.29, 1.82) is 0 Å². The van der Waals surface area contributed by atoms with Gasteiger partial charge in [0.05, 0.1) is 13.2 Å². The Morgan fingerprint density at radius 2 is 2.14 bits per heavy atom. The third-order valence-electron chi connectivity index (χ3n) is 3.85. The van der Waals surface area contributed by atoms with Crippen molar-refractivity contribution < 1.29 is 9.26 Å². The number of rotatable bonds is 5. The Kier molecular flexibility index (Phi) is 4.20. The fourth-order valence-electron chi connectivity index (χ4n) is 2.92. The highest BCUT2D eigenvalue weighted by Crippen LogP contribution is 2.33. The molecule has 0 spiro atoms. The minimum Gasteiger partial charge on any atom is -0.494 e. The van der Waals surface area contributed by atoms with E-state index in [0.29, 0.717) is 24.4 Å². The van der Waals surface area contributed by atoms with Crippen LogP contribution in [0, 0.1) is 6.92 Å². The average molecular weight is 287 g/mol. The van der Waals surface area contributed by atoms with E-state index >= 15 is 0 Å². The Labute approximate surface area is 124 Å². The van der Waals surface area contributed by atoms with E-state index < -0.39 is 0 Å². The highest BCUT2D eigenvalue weighted by atomic mass is 16.5. The van der Waals surface area contributed by atoms with Crippen molar-refractivity contribution in [1.82, 2.24) is 15.0 Å². The zero-order valence-corrected chi connectivity index (χ0v) is 12.6. The van der Waals surface area contributed by atoms with E-state index in [-0.39, 0.29) is 0 Å². The van der Waals surface area contributed by atoms with E-state index in [4.69, 9.17) is 9.26 Å². The molecule has 2 heterocycles. The smallest absolute Gasteiger partial charge is 0.240 e. The Morgan fingerprint density at radius 1 is 1.33 bits per heavy atom. The molecule has 3 rings (SSSR count). The Bertz CT molecular complexity index is 579. The second-order valence-corrected chi connectivity index (χ2v) is 5.37. The summed E-state index contributed by atoms with van der Waals surface area (Å²) in [6.45, 7) is 6.34. The Balaban J connectivity index is 1.71. The van der Waals surface area contributed by atoms with Gasteiger partial charge in [-0.2, -0.15) is 4.98 Å². The van der Waals surface area contributed by atoms with Gasteiger partial charge in [-0.25, -0.2) is 0 Å². The summed E-state index contributed by atoms with van der Waals surface area (Å²) < 4.78 is 10.7. The topological polar surface area (TPSA) is 51.4 Å². The average Bonchev–Trinajstić information content (AvgIpc) is 3.10. The van der Waals surface area contributed by atoms with E-state index in [1.807, 2.05) is 26.0 Å². The molecule has 1 fully saturated rings. The molecule has 1 aliphatic heterocycles. The fourth-order valence-corrected chi connectivity index (χ4v) is 2.92. The quantitative estimate of drug-likeness (QED) is 0.845. The molecular weight excluding hydrogens is 266 g/mol. The number of benzene rings is 1. The van der Waals surface area contributed by atoms with Gasteiger partial charge in [0, 0.05) is 6.04 Å². The van der Waals surface area contributed by atoms with Crippen LogP contribution in [0.25, 0.3) is 0 Å². The predicted molar refractivity (Wildman–Crippen MR) is 79.0 cm³/mol. The van der Waals surface area contributed by atoms with Crippen LogP contribution in [0.3, 0.4) is 0 Å². The molecule has 1 aromatic carbocycles. The van der Waals surface area contributed by atoms with Crippen molar-refractivity contribution in [2.75, 3.05) is 13.2 Å². The van der Waals surface area contributed by atoms with Crippen LogP contribution in [0.2, 0.25) is 0 Å². The van der Waals surface area contributed by atoms with Crippen LogP contribution in [-0.4, -0.2) is 28.2 Å². The van der Waals surface area contributed by atoms with Crippen molar-refractivity contribution in [3.63, 3.8) is 0 Å². The van der Waals surface area contributed by atoms with Gasteiger partial charge in [0.2, 0.25) is 5.89 Å². The number of aryl methyl sites for hydroxylation is 1. The number of aromatic nitrogens is 2. The van der Waals surface area contributed by atoms with Crippen LogP contribution in [0.1, 0.15) is 43.1 Å². The molecule has 0 saturated carbocycles. The van der Waals surface area contributed by atoms with E-state index in [2.05, 4.69) is 27.2 Å². The molecular formula is C16H21N3O2. The standard InChI is InChI=1S/C16H21N3O2/c1-3-20-14-8-6-13(7-9-14)15-5-4-10-19(15)11-16-17-12(2)18-21-16/h6-9,15H,3-5,10-11H2,1-2H3. The number of likely N-dealkylation sites (tertiary alicyclic amines) is 1. The van der Waals surface area contributed by atoms with Gasteiger partial charge in [0.1, 0.15) is 5.75 Å². The first-order valence-corrected chi connectivity index (χ1v) is 7.52. The van der Waals surface area contributed by atoms with Crippen LogP contribution in [0.5, 0.6) is 5.75 Å². The molecule has 1 atom stereocenters. The first kappa shape index (κ1) is 14.1. The second kappa shape index (κ2) is 6.26. The van der Waals surface area contributed by atoms with Crippen molar-refractivity contribution in [2.24, 2.45) is 0 Å². The van der Waals surface area contributed by atoms with E-state index in [1.54, 1.807) is 0 Å². The minimum atomic E-state index is 0.424. The summed E-state index contributed by atoms with van der Waals surface area (Å²) in [5.74, 6) is 2.32. The normalized spacial score (nSPS) is 19.0. The predicted octanol–water partition coefficient (Wildman–Crippen LogP) is 3.11. The molecule has 0 amide bonds. The van der Waals surface area contributed by atoms with Crippen LogP contribution >= 0.6 is 0 Å². The molecule has 1 unspecified atom stereocenters. The zero-order valence-electron chi connectivity index (χ0n) is 12.6. The van der Waals surface area contributed by atoms with E-state index in [0.717, 1.165) is 18.8 Å². The van der Waals surface area contributed by atoms with Gasteiger partial charge >= 0.3 is 0 Å². The van der Waals surface area contributed by atoms with Gasteiger partial charge in [-0.3, -0.25) is 4.90 Å². The van der Waals surface area contributed by atoms with Crippen LogP contribution in [0.15, 0.2) is 28.8 Å². The SMILES string of the molecule is CCOc1ccc(C2CCCN2Cc2nc(C)no2)cc1. The molecule has 0 radical (unpaired) electrons. The number of nitrogens with zero attached hydrogens (tertiary/aromatic N) is 3. The molecule has 1 aliphatic rings. The van der Waals surface area contributed by atoms with Crippen LogP contribution in [0.4, 0.5) is 0 Å². The lowest BCUT2D eigenvalue weighted by Crippen LogP contribution is -2.22. The first-order valence-electron chi connectivity index (χ1n) is 7.52. The molecule has 0 bridgehead atoms. The highest BCUT2D eigenvalue weighted by Gasteiger charge is 2.27. The number of ether oxygens (including phenoxy) is 1. The first-order chi connectivity index (χ1) is 10.3. The van der Waals surface area contributed by atoms with Gasteiger partial charge < -0.3 is 9.26 Å². The minimum absolute atomic E-state index is 0.424. The summed E-state index contributed by atoms with van der Waals surface area (Å²) in [4.78, 5) is 6.71. The summed E-state index contributed by atoms with van der Waals surface area (Å²) in [7, 11) is 0. The van der Waals surface area contributed by atoms with Crippen molar-refractivity contribution in [3.8, 4) is 5.75 Å². The lowest BCUT2D eigenvalue weighted by atomic mass is 10.0. The summed E-state index contributed by atoms with van der Waals surface area (Å²) in [6.07, 6.45) is 2.37. The lowest BCUT2D eigenvalue weighted by molar-refractivity contribution is 0.212. The molecule has 1 aromatic heterocycles. The van der Waals surface area contributed by atoms with Gasteiger partial charge in [-0.1, -0.05) is 17.3 Å². The zero-order chi connectivity index (χ0) is 14.7. The maximum atomic E-state index is 5.50. The lowest BCUT2D eigenvalue weighted by Gasteiger charge is -2.23. The maximum Gasteiger partial charge on any atom is 0.240 e. The van der Waals surface area contributed by atoms with Gasteiger partial charge in [0.25, 0.3) is 0 Å². The van der Waals surface area contributed by atoms with Crippen LogP contribution in [-0.2, 0) is 6.54 Å². The van der Waals surface area contributed by atoms with Crippen molar-refractivity contribution in [2.45, 2.75) is 39.3 Å². The highest BCUT2D eigenvalue weighted by molar-refractivity contribution is 5.29. The molecule has 1 saturated heterocycles. The Hall–Kier alpha value is -1.88.